The van der Waals surface area contributed by atoms with Crippen molar-refractivity contribution in [1.82, 2.24) is 25.3 Å². The fourth-order valence-electron chi connectivity index (χ4n) is 2.88. The van der Waals surface area contributed by atoms with Crippen molar-refractivity contribution in [3.8, 4) is 0 Å². The summed E-state index contributed by atoms with van der Waals surface area (Å²) in [5, 5.41) is 3.63. The van der Waals surface area contributed by atoms with E-state index < -0.39 is 12.0 Å². The second-order valence-corrected chi connectivity index (χ2v) is 6.73. The van der Waals surface area contributed by atoms with E-state index in [2.05, 4.69) is 25.3 Å². The van der Waals surface area contributed by atoms with Gasteiger partial charge < -0.3 is 25.7 Å². The zero-order chi connectivity index (χ0) is 21.0. The molecule has 3 rings (SSSR count). The first kappa shape index (κ1) is 20.1. The van der Waals surface area contributed by atoms with Crippen molar-refractivity contribution < 1.29 is 14.3 Å². The van der Waals surface area contributed by atoms with Crippen molar-refractivity contribution in [3.05, 3.63) is 41.9 Å². The predicted octanol–water partition coefficient (Wildman–Crippen LogP) is 0.792. The van der Waals surface area contributed by atoms with Crippen LogP contribution in [-0.4, -0.2) is 51.9 Å². The Morgan fingerprint density at radius 3 is 2.72 bits per heavy atom. The number of carbonyl (C=O) groups excluding carboxylic acids is 2. The van der Waals surface area contributed by atoms with Gasteiger partial charge in [0.05, 0.1) is 0 Å². The Morgan fingerprint density at radius 2 is 2.00 bits per heavy atom. The van der Waals surface area contributed by atoms with Gasteiger partial charge in [-0.1, -0.05) is 18.2 Å². The summed E-state index contributed by atoms with van der Waals surface area (Å²) in [6.45, 7) is 1.17. The number of esters is 1. The number of hydrogen-bond donors (Lipinski definition) is 3. The van der Waals surface area contributed by atoms with Crippen molar-refractivity contribution in [2.45, 2.75) is 26.0 Å². The third kappa shape index (κ3) is 4.98. The minimum Gasteiger partial charge on any atom is -0.456 e. The Hall–Kier alpha value is -3.69. The van der Waals surface area contributed by atoms with Gasteiger partial charge in [-0.25, -0.2) is 4.79 Å². The third-order valence-electron chi connectivity index (χ3n) is 4.19. The highest BCUT2D eigenvalue weighted by Gasteiger charge is 2.23. The van der Waals surface area contributed by atoms with Crippen LogP contribution in [0, 0.1) is 0 Å². The monoisotopic (exact) mass is 397 g/mol. The molecule has 2 aromatic heterocycles. The number of fused-ring (bicyclic) bond motifs is 1. The number of hydrogen-bond acceptors (Lipinski definition) is 8. The summed E-state index contributed by atoms with van der Waals surface area (Å²) >= 11 is 0. The summed E-state index contributed by atoms with van der Waals surface area (Å²) in [5.41, 5.74) is 7.53. The van der Waals surface area contributed by atoms with E-state index >= 15 is 0 Å². The van der Waals surface area contributed by atoms with Gasteiger partial charge in [0.1, 0.15) is 6.04 Å². The molecule has 0 fully saturated rings. The lowest BCUT2D eigenvalue weighted by atomic mass is 10.0. The molecule has 0 bridgehead atoms. The Balaban J connectivity index is 1.73. The maximum Gasteiger partial charge on any atom is 0.329 e. The number of nitrogens with one attached hydrogen (secondary N) is 2. The third-order valence-corrected chi connectivity index (χ3v) is 4.19. The number of ether oxygens (including phenoxy) is 1. The lowest BCUT2D eigenvalue weighted by Crippen LogP contribution is -2.42. The van der Waals surface area contributed by atoms with Crippen LogP contribution in [-0.2, 0) is 27.4 Å². The molecule has 3 aromatic rings. The average Bonchev–Trinajstić information content (AvgIpc) is 3.08. The zero-order valence-electron chi connectivity index (χ0n) is 16.5. The zero-order valence-corrected chi connectivity index (χ0v) is 16.5. The van der Waals surface area contributed by atoms with Gasteiger partial charge in [0, 0.05) is 44.5 Å². The fraction of sp³-hybridized carbons (Fsp3) is 0.316. The molecule has 1 aromatic carbocycles. The molecular weight excluding hydrogens is 374 g/mol. The molecule has 1 unspecified atom stereocenters. The number of nitrogen functional groups attached to an aromatic ring is 1. The first-order valence-corrected chi connectivity index (χ1v) is 9.00. The van der Waals surface area contributed by atoms with E-state index in [1.807, 2.05) is 30.5 Å². The van der Waals surface area contributed by atoms with E-state index in [1.165, 1.54) is 6.92 Å². The molecular formula is C19H23N7O3. The number of H-pyrrole nitrogens is 1. The highest BCUT2D eigenvalue weighted by molar-refractivity contribution is 5.86. The van der Waals surface area contributed by atoms with Crippen molar-refractivity contribution in [1.29, 1.82) is 0 Å². The lowest BCUT2D eigenvalue weighted by molar-refractivity contribution is -0.149. The number of para-hydroxylation sites is 1. The molecule has 0 spiro atoms. The topological polar surface area (TPSA) is 139 Å². The molecule has 4 N–H and O–H groups in total. The van der Waals surface area contributed by atoms with Crippen molar-refractivity contribution in [3.63, 3.8) is 0 Å². The van der Waals surface area contributed by atoms with Gasteiger partial charge in [0.25, 0.3) is 0 Å². The van der Waals surface area contributed by atoms with E-state index in [9.17, 15) is 9.59 Å². The summed E-state index contributed by atoms with van der Waals surface area (Å²) in [4.78, 5) is 41.3. The van der Waals surface area contributed by atoms with E-state index in [0.29, 0.717) is 5.95 Å². The molecule has 10 heteroatoms. The molecule has 0 aliphatic heterocycles. The number of aromatic nitrogens is 4. The van der Waals surface area contributed by atoms with Gasteiger partial charge in [-0.3, -0.25) is 4.79 Å². The summed E-state index contributed by atoms with van der Waals surface area (Å²) in [5.74, 6) is -0.294. The van der Waals surface area contributed by atoms with E-state index in [1.54, 1.807) is 19.0 Å². The van der Waals surface area contributed by atoms with E-state index in [0.717, 1.165) is 16.5 Å². The fourth-order valence-corrected chi connectivity index (χ4v) is 2.88. The van der Waals surface area contributed by atoms with Crippen LogP contribution >= 0.6 is 0 Å². The highest BCUT2D eigenvalue weighted by atomic mass is 16.5. The Morgan fingerprint density at radius 1 is 1.24 bits per heavy atom. The molecule has 0 aliphatic carbocycles. The van der Waals surface area contributed by atoms with Crippen molar-refractivity contribution in [2.24, 2.45) is 0 Å². The Kier molecular flexibility index (Phi) is 5.91. The smallest absolute Gasteiger partial charge is 0.329 e. The normalized spacial score (nSPS) is 11.8. The summed E-state index contributed by atoms with van der Waals surface area (Å²) in [6, 6.07) is 6.88. The highest BCUT2D eigenvalue weighted by Crippen LogP contribution is 2.19. The SMILES string of the molecule is CC(=O)NC(Cc1c[nH]c2ccccc12)C(=O)OCc1nc(N)nc(N(C)C)n1. The van der Waals surface area contributed by atoms with Crippen molar-refractivity contribution in [2.75, 3.05) is 24.7 Å². The number of benzene rings is 1. The summed E-state index contributed by atoms with van der Waals surface area (Å²) in [6.07, 6.45) is 2.10. The number of rotatable bonds is 7. The second kappa shape index (κ2) is 8.55. The molecule has 1 amide bonds. The molecule has 152 valence electrons. The molecule has 2 heterocycles. The number of amides is 1. The van der Waals surface area contributed by atoms with Gasteiger partial charge >= 0.3 is 5.97 Å². The molecule has 0 aliphatic rings. The first-order valence-electron chi connectivity index (χ1n) is 9.00. The molecule has 0 radical (unpaired) electrons. The largest absolute Gasteiger partial charge is 0.456 e. The van der Waals surface area contributed by atoms with Crippen LogP contribution in [0.15, 0.2) is 30.5 Å². The summed E-state index contributed by atoms with van der Waals surface area (Å²) in [7, 11) is 3.52. The molecule has 0 saturated carbocycles. The molecule has 10 nitrogen and oxygen atoms in total. The summed E-state index contributed by atoms with van der Waals surface area (Å²) < 4.78 is 5.35. The average molecular weight is 397 g/mol. The quantitative estimate of drug-likeness (QED) is 0.497. The van der Waals surface area contributed by atoms with E-state index in [-0.39, 0.29) is 30.7 Å². The molecule has 0 saturated heterocycles. The first-order chi connectivity index (χ1) is 13.8. The Labute approximate surface area is 167 Å². The van der Waals surface area contributed by atoms with Gasteiger partial charge in [0.15, 0.2) is 12.4 Å². The van der Waals surface area contributed by atoms with Crippen LogP contribution in [0.5, 0.6) is 0 Å². The Bertz CT molecular complexity index is 1030. The van der Waals surface area contributed by atoms with E-state index in [4.69, 9.17) is 10.5 Å². The standard InChI is InChI=1S/C19H23N7O3/c1-11(27)22-15(8-12-9-21-14-7-5-4-6-13(12)14)17(28)29-10-16-23-18(20)25-19(24-16)26(2)3/h4-7,9,15,21H,8,10H2,1-3H3,(H,22,27)(H2,20,23,24,25). The predicted molar refractivity (Wildman–Crippen MR) is 108 cm³/mol. The lowest BCUT2D eigenvalue weighted by Gasteiger charge is -2.17. The number of anilines is 2. The minimum absolute atomic E-state index is 0.0342. The maximum absolute atomic E-state index is 12.7. The number of carbonyl (C=O) groups is 2. The van der Waals surface area contributed by atoms with Crippen LogP contribution in [0.4, 0.5) is 11.9 Å². The van der Waals surface area contributed by atoms with Crippen molar-refractivity contribution >= 4 is 34.7 Å². The number of aromatic amines is 1. The number of nitrogens with two attached hydrogens (primary N) is 1. The van der Waals surface area contributed by atoms with Gasteiger partial charge in [-0.05, 0) is 11.6 Å². The van der Waals surface area contributed by atoms with Crippen LogP contribution in [0.2, 0.25) is 0 Å². The van der Waals surface area contributed by atoms with Crippen LogP contribution < -0.4 is 16.0 Å². The van der Waals surface area contributed by atoms with Gasteiger partial charge in [0.2, 0.25) is 17.8 Å². The second-order valence-electron chi connectivity index (χ2n) is 6.73. The maximum atomic E-state index is 12.7. The molecule has 29 heavy (non-hydrogen) atoms. The van der Waals surface area contributed by atoms with Crippen LogP contribution in [0.25, 0.3) is 10.9 Å². The van der Waals surface area contributed by atoms with Gasteiger partial charge in [-0.2, -0.15) is 15.0 Å². The van der Waals surface area contributed by atoms with Crippen LogP contribution in [0.1, 0.15) is 18.3 Å². The van der Waals surface area contributed by atoms with Gasteiger partial charge in [-0.15, -0.1) is 0 Å². The molecule has 1 atom stereocenters. The van der Waals surface area contributed by atoms with Crippen LogP contribution in [0.3, 0.4) is 0 Å². The minimum atomic E-state index is -0.848. The number of nitrogens with zero attached hydrogens (tertiary/aromatic N) is 4.